The smallest absolute Gasteiger partial charge is 0.236 e. The molecule has 0 radical (unpaired) electrons. The van der Waals surface area contributed by atoms with Crippen LogP contribution in [-0.2, 0) is 11.4 Å². The Morgan fingerprint density at radius 3 is 2.92 bits per heavy atom. The molecule has 1 N–H and O–H groups in total. The van der Waals surface area contributed by atoms with Gasteiger partial charge in [-0.05, 0) is 29.3 Å². The lowest BCUT2D eigenvalue weighted by atomic mass is 10.1. The van der Waals surface area contributed by atoms with Crippen LogP contribution in [0, 0.1) is 11.6 Å². The zero-order valence-electron chi connectivity index (χ0n) is 12.9. The highest BCUT2D eigenvalue weighted by Gasteiger charge is 2.15. The summed E-state index contributed by atoms with van der Waals surface area (Å²) in [5, 5.41) is 10.9. The van der Waals surface area contributed by atoms with Gasteiger partial charge in [0.1, 0.15) is 12.4 Å². The Balaban J connectivity index is 1.63. The molecule has 1 saturated heterocycles. The number of carbonyl (C=O) groups is 1. The molecule has 1 amide bonds. The zero-order valence-corrected chi connectivity index (χ0v) is 13.7. The molecule has 0 unspecified atom stereocenters. The molecule has 25 heavy (non-hydrogen) atoms. The number of nitrogens with one attached hydrogen (secondary N) is 1. The van der Waals surface area contributed by atoms with Crippen molar-refractivity contribution in [2.75, 3.05) is 5.75 Å². The maximum atomic E-state index is 13.5. The van der Waals surface area contributed by atoms with Crippen LogP contribution in [0.1, 0.15) is 11.1 Å². The van der Waals surface area contributed by atoms with E-state index in [1.807, 2.05) is 6.07 Å². The third-order valence-corrected chi connectivity index (χ3v) is 4.04. The number of thioether (sulfide) groups is 1. The number of benzene rings is 2. The molecule has 128 valence electrons. The number of hydrogen-bond acceptors (Lipinski definition) is 5. The van der Waals surface area contributed by atoms with Crippen LogP contribution >= 0.6 is 11.8 Å². The number of rotatable bonds is 5. The fraction of sp³-hybridized carbons (Fsp3) is 0.118. The first-order valence-electron chi connectivity index (χ1n) is 7.30. The highest BCUT2D eigenvalue weighted by Crippen LogP contribution is 2.19. The van der Waals surface area contributed by atoms with E-state index in [-0.39, 0.29) is 18.3 Å². The van der Waals surface area contributed by atoms with Crippen LogP contribution in [0.4, 0.5) is 8.78 Å². The second-order valence-electron chi connectivity index (χ2n) is 5.10. The predicted octanol–water partition coefficient (Wildman–Crippen LogP) is 3.10. The molecule has 1 fully saturated rings. The molecule has 1 aliphatic heterocycles. The largest absolute Gasteiger partial charge is 0.486 e. The van der Waals surface area contributed by atoms with Crippen molar-refractivity contribution in [2.24, 2.45) is 10.2 Å². The molecule has 1 heterocycles. The molecule has 0 bridgehead atoms. The second kappa shape index (κ2) is 7.89. The van der Waals surface area contributed by atoms with Gasteiger partial charge in [0.25, 0.3) is 0 Å². The molecular formula is C17H13F2N3O2S. The molecule has 8 heteroatoms. The molecule has 2 aromatic carbocycles. The van der Waals surface area contributed by atoms with E-state index < -0.39 is 11.6 Å². The predicted molar refractivity (Wildman–Crippen MR) is 92.8 cm³/mol. The highest BCUT2D eigenvalue weighted by molar-refractivity contribution is 8.15. The molecule has 0 spiro atoms. The lowest BCUT2D eigenvalue weighted by Gasteiger charge is -2.07. The monoisotopic (exact) mass is 361 g/mol. The van der Waals surface area contributed by atoms with Gasteiger partial charge < -0.3 is 10.1 Å². The van der Waals surface area contributed by atoms with E-state index in [1.165, 1.54) is 18.0 Å². The van der Waals surface area contributed by atoms with E-state index in [1.54, 1.807) is 18.2 Å². The number of amidine groups is 1. The summed E-state index contributed by atoms with van der Waals surface area (Å²) < 4.78 is 32.0. The minimum Gasteiger partial charge on any atom is -0.486 e. The van der Waals surface area contributed by atoms with Gasteiger partial charge in [-0.25, -0.2) is 8.78 Å². The molecule has 0 aliphatic carbocycles. The average Bonchev–Trinajstić information content (AvgIpc) is 3.01. The Kier molecular flexibility index (Phi) is 5.39. The van der Waals surface area contributed by atoms with Gasteiger partial charge in [-0.2, -0.15) is 5.10 Å². The minimum absolute atomic E-state index is 0.0858. The van der Waals surface area contributed by atoms with Crippen LogP contribution < -0.4 is 10.1 Å². The van der Waals surface area contributed by atoms with Crippen molar-refractivity contribution in [1.82, 2.24) is 5.32 Å². The van der Waals surface area contributed by atoms with Gasteiger partial charge in [0, 0.05) is 6.07 Å². The van der Waals surface area contributed by atoms with Crippen molar-refractivity contribution in [3.05, 3.63) is 65.2 Å². The summed E-state index contributed by atoms with van der Waals surface area (Å²) in [4.78, 5) is 11.0. The van der Waals surface area contributed by atoms with Gasteiger partial charge in [-0.3, -0.25) is 4.79 Å². The second-order valence-corrected chi connectivity index (χ2v) is 6.06. The van der Waals surface area contributed by atoms with E-state index in [9.17, 15) is 13.6 Å². The van der Waals surface area contributed by atoms with Crippen LogP contribution in [0.3, 0.4) is 0 Å². The van der Waals surface area contributed by atoms with Gasteiger partial charge in [-0.1, -0.05) is 30.0 Å². The maximum Gasteiger partial charge on any atom is 0.236 e. The molecule has 5 nitrogen and oxygen atoms in total. The van der Waals surface area contributed by atoms with Gasteiger partial charge in [0.15, 0.2) is 16.7 Å². The lowest BCUT2D eigenvalue weighted by molar-refractivity contribution is -0.116. The van der Waals surface area contributed by atoms with Crippen molar-refractivity contribution >= 4 is 29.1 Å². The van der Waals surface area contributed by atoms with Crippen LogP contribution in [0.15, 0.2) is 52.7 Å². The molecule has 0 saturated carbocycles. The SMILES string of the molecule is O=C1CSC(=NN=Cc2cccc(COc3cc(F)ccc3F)c2)N1. The fourth-order valence-electron chi connectivity index (χ4n) is 2.04. The van der Waals surface area contributed by atoms with Crippen molar-refractivity contribution in [2.45, 2.75) is 6.61 Å². The Morgan fingerprint density at radius 1 is 1.24 bits per heavy atom. The number of hydrogen-bond donors (Lipinski definition) is 1. The molecule has 0 atom stereocenters. The summed E-state index contributed by atoms with van der Waals surface area (Å²) in [6, 6.07) is 10.3. The summed E-state index contributed by atoms with van der Waals surface area (Å²) in [6.45, 7) is 0.0858. The minimum atomic E-state index is -0.619. The Hall–Kier alpha value is -2.74. The summed E-state index contributed by atoms with van der Waals surface area (Å²) in [5.74, 6) is -1.07. The number of halogens is 2. The van der Waals surface area contributed by atoms with Gasteiger partial charge >= 0.3 is 0 Å². The summed E-state index contributed by atoms with van der Waals surface area (Å²) >= 11 is 1.29. The number of nitrogens with zero attached hydrogens (tertiary/aromatic N) is 2. The van der Waals surface area contributed by atoms with E-state index in [4.69, 9.17) is 4.74 Å². The van der Waals surface area contributed by atoms with E-state index in [2.05, 4.69) is 15.5 Å². The first kappa shape index (κ1) is 17.1. The normalized spacial score (nSPS) is 15.8. The van der Waals surface area contributed by atoms with Crippen LogP contribution in [-0.4, -0.2) is 23.0 Å². The van der Waals surface area contributed by atoms with E-state index >= 15 is 0 Å². The van der Waals surface area contributed by atoms with Gasteiger partial charge in [0.05, 0.1) is 12.0 Å². The zero-order chi connectivity index (χ0) is 17.6. The lowest BCUT2D eigenvalue weighted by Crippen LogP contribution is -2.19. The van der Waals surface area contributed by atoms with E-state index in [0.717, 1.165) is 29.3 Å². The maximum absolute atomic E-state index is 13.5. The van der Waals surface area contributed by atoms with Crippen molar-refractivity contribution in [3.63, 3.8) is 0 Å². The van der Waals surface area contributed by atoms with Crippen molar-refractivity contribution < 1.29 is 18.3 Å². The van der Waals surface area contributed by atoms with E-state index in [0.29, 0.717) is 10.9 Å². The standard InChI is InChI=1S/C17H13F2N3O2S/c18-13-4-5-14(19)15(7-13)24-9-12-3-1-2-11(6-12)8-20-22-17-21-16(23)10-25-17/h1-8H,9-10H2,(H,21,22,23). The highest BCUT2D eigenvalue weighted by atomic mass is 32.2. The number of amides is 1. The Labute approximate surface area is 146 Å². The first-order valence-corrected chi connectivity index (χ1v) is 8.29. The fourth-order valence-corrected chi connectivity index (χ4v) is 2.67. The molecule has 1 aliphatic rings. The molecular weight excluding hydrogens is 348 g/mol. The van der Waals surface area contributed by atoms with Gasteiger partial charge in [-0.15, -0.1) is 5.10 Å². The Morgan fingerprint density at radius 2 is 2.12 bits per heavy atom. The van der Waals surface area contributed by atoms with Crippen LogP contribution in [0.25, 0.3) is 0 Å². The van der Waals surface area contributed by atoms with Crippen LogP contribution in [0.5, 0.6) is 5.75 Å². The molecule has 0 aromatic heterocycles. The topological polar surface area (TPSA) is 63.0 Å². The first-order chi connectivity index (χ1) is 12.1. The number of ether oxygens (including phenoxy) is 1. The average molecular weight is 361 g/mol. The van der Waals surface area contributed by atoms with Crippen molar-refractivity contribution in [3.8, 4) is 5.75 Å². The summed E-state index contributed by atoms with van der Waals surface area (Å²) in [5.41, 5.74) is 1.53. The third-order valence-electron chi connectivity index (χ3n) is 3.18. The van der Waals surface area contributed by atoms with Crippen LogP contribution in [0.2, 0.25) is 0 Å². The van der Waals surface area contributed by atoms with Crippen molar-refractivity contribution in [1.29, 1.82) is 0 Å². The Bertz CT molecular complexity index is 856. The third kappa shape index (κ3) is 4.87. The quantitative estimate of drug-likeness (QED) is 0.658. The summed E-state index contributed by atoms with van der Waals surface area (Å²) in [7, 11) is 0. The number of carbonyl (C=O) groups excluding carboxylic acids is 1. The molecule has 2 aromatic rings. The molecule has 3 rings (SSSR count). The van der Waals surface area contributed by atoms with Gasteiger partial charge in [0.2, 0.25) is 5.91 Å². The summed E-state index contributed by atoms with van der Waals surface area (Å²) in [6.07, 6.45) is 1.53.